The normalized spacial score (nSPS) is 10.3. The first-order chi connectivity index (χ1) is 8.74. The van der Waals surface area contributed by atoms with Crippen molar-refractivity contribution < 1.29 is 9.53 Å². The molecule has 0 N–H and O–H groups in total. The Hall–Kier alpha value is -1.02. The number of unbranched alkanes of at least 4 members (excludes halogenated alkanes) is 5. The van der Waals surface area contributed by atoms with Crippen molar-refractivity contribution in [3.8, 4) is 5.75 Å². The quantitative estimate of drug-likeness (QED) is 0.377. The Labute approximate surface area is 114 Å². The fourth-order valence-corrected chi connectivity index (χ4v) is 1.93. The third-order valence-corrected chi connectivity index (χ3v) is 3.11. The molecule has 0 atom stereocenters. The smallest absolute Gasteiger partial charge is 0.311 e. The average molecular weight is 269 g/mol. The Balaban J connectivity index is 2.16. The van der Waals surface area contributed by atoms with Crippen LogP contribution in [0.5, 0.6) is 5.75 Å². The number of para-hydroxylation sites is 1. The van der Waals surface area contributed by atoms with Crippen molar-refractivity contribution in [1.82, 2.24) is 0 Å². The van der Waals surface area contributed by atoms with Gasteiger partial charge in [0, 0.05) is 6.42 Å². The molecule has 1 rings (SSSR count). The monoisotopic (exact) mass is 268 g/mol. The molecule has 1 aromatic rings. The predicted molar refractivity (Wildman–Crippen MR) is 75.1 cm³/mol. The number of halogens is 1. The number of hydrogen-bond donors (Lipinski definition) is 0. The highest BCUT2D eigenvalue weighted by Crippen LogP contribution is 2.23. The molecule has 0 amide bonds. The molecule has 18 heavy (non-hydrogen) atoms. The molecular formula is C15H21ClO2. The maximum absolute atomic E-state index is 11.6. The largest absolute Gasteiger partial charge is 0.425 e. The third-order valence-electron chi connectivity index (χ3n) is 2.79. The van der Waals surface area contributed by atoms with Crippen LogP contribution in [0.3, 0.4) is 0 Å². The molecule has 0 saturated carbocycles. The Bertz CT molecular complexity index is 363. The molecule has 1 aromatic carbocycles. The minimum Gasteiger partial charge on any atom is -0.425 e. The highest BCUT2D eigenvalue weighted by Gasteiger charge is 2.07. The van der Waals surface area contributed by atoms with Crippen LogP contribution in [0.15, 0.2) is 24.3 Å². The van der Waals surface area contributed by atoms with Gasteiger partial charge in [-0.15, -0.1) is 0 Å². The fraction of sp³-hybridized carbons (Fsp3) is 0.533. The van der Waals surface area contributed by atoms with Crippen LogP contribution >= 0.6 is 11.6 Å². The second kappa shape index (κ2) is 8.98. The number of carbonyl (C=O) groups is 1. The van der Waals surface area contributed by atoms with E-state index in [0.717, 1.165) is 12.8 Å². The number of benzene rings is 1. The van der Waals surface area contributed by atoms with Crippen molar-refractivity contribution in [2.24, 2.45) is 0 Å². The fourth-order valence-electron chi connectivity index (χ4n) is 1.75. The van der Waals surface area contributed by atoms with E-state index in [4.69, 9.17) is 16.3 Å². The maximum atomic E-state index is 11.6. The Morgan fingerprint density at radius 2 is 1.78 bits per heavy atom. The van der Waals surface area contributed by atoms with E-state index in [2.05, 4.69) is 6.92 Å². The number of ether oxygens (including phenoxy) is 1. The summed E-state index contributed by atoms with van der Waals surface area (Å²) >= 11 is 5.91. The van der Waals surface area contributed by atoms with Gasteiger partial charge in [0.15, 0.2) is 0 Å². The van der Waals surface area contributed by atoms with Crippen molar-refractivity contribution in [3.63, 3.8) is 0 Å². The van der Waals surface area contributed by atoms with Crippen LogP contribution in [0.2, 0.25) is 5.02 Å². The zero-order valence-corrected chi connectivity index (χ0v) is 11.7. The van der Waals surface area contributed by atoms with E-state index in [0.29, 0.717) is 17.2 Å². The second-order valence-corrected chi connectivity index (χ2v) is 4.83. The van der Waals surface area contributed by atoms with Gasteiger partial charge in [0.2, 0.25) is 0 Å². The standard InChI is InChI=1S/C15H21ClO2/c1-2-3-4-5-6-7-12-15(17)18-14-11-9-8-10-13(14)16/h8-11H,2-7,12H2,1H3. The van der Waals surface area contributed by atoms with Gasteiger partial charge in [-0.25, -0.2) is 0 Å². The first-order valence-corrected chi connectivity index (χ1v) is 7.07. The van der Waals surface area contributed by atoms with Gasteiger partial charge in [-0.1, -0.05) is 62.8 Å². The summed E-state index contributed by atoms with van der Waals surface area (Å²) in [5.74, 6) is 0.258. The number of carbonyl (C=O) groups excluding carboxylic acids is 1. The highest BCUT2D eigenvalue weighted by atomic mass is 35.5. The number of esters is 1. The molecule has 0 bridgehead atoms. The van der Waals surface area contributed by atoms with Crippen LogP contribution in [0.4, 0.5) is 0 Å². The minimum absolute atomic E-state index is 0.196. The first kappa shape index (κ1) is 15.0. The van der Waals surface area contributed by atoms with E-state index < -0.39 is 0 Å². The highest BCUT2D eigenvalue weighted by molar-refractivity contribution is 6.32. The summed E-state index contributed by atoms with van der Waals surface area (Å²) in [7, 11) is 0. The van der Waals surface area contributed by atoms with Crippen molar-refractivity contribution >= 4 is 17.6 Å². The van der Waals surface area contributed by atoms with Crippen molar-refractivity contribution in [2.45, 2.75) is 51.9 Å². The van der Waals surface area contributed by atoms with E-state index in [1.807, 2.05) is 6.07 Å². The molecule has 0 radical (unpaired) electrons. The summed E-state index contributed by atoms with van der Waals surface area (Å²) in [5, 5.41) is 0.480. The lowest BCUT2D eigenvalue weighted by Crippen LogP contribution is -2.07. The molecule has 0 saturated heterocycles. The van der Waals surface area contributed by atoms with Crippen LogP contribution in [-0.4, -0.2) is 5.97 Å². The molecule has 0 aliphatic rings. The molecule has 0 aliphatic carbocycles. The van der Waals surface area contributed by atoms with Gasteiger partial charge in [-0.05, 0) is 18.6 Å². The van der Waals surface area contributed by atoms with Gasteiger partial charge in [0.25, 0.3) is 0 Å². The summed E-state index contributed by atoms with van der Waals surface area (Å²) in [4.78, 5) is 11.6. The maximum Gasteiger partial charge on any atom is 0.311 e. The first-order valence-electron chi connectivity index (χ1n) is 6.69. The zero-order valence-electron chi connectivity index (χ0n) is 11.0. The molecule has 0 spiro atoms. The summed E-state index contributed by atoms with van der Waals surface area (Å²) < 4.78 is 5.20. The molecule has 0 fully saturated rings. The van der Waals surface area contributed by atoms with Gasteiger partial charge in [-0.3, -0.25) is 4.79 Å². The van der Waals surface area contributed by atoms with Crippen molar-refractivity contribution in [1.29, 1.82) is 0 Å². The Morgan fingerprint density at radius 3 is 2.50 bits per heavy atom. The van der Waals surface area contributed by atoms with Crippen LogP contribution in [0, 0.1) is 0 Å². The second-order valence-electron chi connectivity index (χ2n) is 4.42. The molecule has 2 nitrogen and oxygen atoms in total. The van der Waals surface area contributed by atoms with Gasteiger partial charge < -0.3 is 4.74 Å². The van der Waals surface area contributed by atoms with Crippen LogP contribution in [0.25, 0.3) is 0 Å². The SMILES string of the molecule is CCCCCCCCC(=O)Oc1ccccc1Cl. The average Bonchev–Trinajstić information content (AvgIpc) is 2.36. The van der Waals surface area contributed by atoms with E-state index in [1.54, 1.807) is 18.2 Å². The third kappa shape index (κ3) is 6.06. The van der Waals surface area contributed by atoms with Gasteiger partial charge in [-0.2, -0.15) is 0 Å². The molecule has 3 heteroatoms. The van der Waals surface area contributed by atoms with Gasteiger partial charge >= 0.3 is 5.97 Å². The molecule has 0 heterocycles. The van der Waals surface area contributed by atoms with Crippen LogP contribution in [-0.2, 0) is 4.79 Å². The lowest BCUT2D eigenvalue weighted by molar-refractivity contribution is -0.134. The molecule has 0 unspecified atom stereocenters. The van der Waals surface area contributed by atoms with Gasteiger partial charge in [0.05, 0.1) is 5.02 Å². The summed E-state index contributed by atoms with van der Waals surface area (Å²) in [6.07, 6.45) is 7.45. The van der Waals surface area contributed by atoms with E-state index in [9.17, 15) is 4.79 Å². The zero-order chi connectivity index (χ0) is 13.2. The molecule has 0 aliphatic heterocycles. The van der Waals surface area contributed by atoms with Crippen molar-refractivity contribution in [3.05, 3.63) is 29.3 Å². The topological polar surface area (TPSA) is 26.3 Å². The lowest BCUT2D eigenvalue weighted by atomic mass is 10.1. The predicted octanol–water partition coefficient (Wildman–Crippen LogP) is 5.00. The Kier molecular flexibility index (Phi) is 7.51. The molecule has 100 valence electrons. The van der Waals surface area contributed by atoms with Crippen molar-refractivity contribution in [2.75, 3.05) is 0 Å². The van der Waals surface area contributed by atoms with Crippen LogP contribution in [0.1, 0.15) is 51.9 Å². The molecule has 0 aromatic heterocycles. The lowest BCUT2D eigenvalue weighted by Gasteiger charge is -2.05. The summed E-state index contributed by atoms with van der Waals surface area (Å²) in [6.45, 7) is 2.20. The van der Waals surface area contributed by atoms with Gasteiger partial charge in [0.1, 0.15) is 5.75 Å². The number of rotatable bonds is 8. The van der Waals surface area contributed by atoms with E-state index >= 15 is 0 Å². The Morgan fingerprint density at radius 1 is 1.11 bits per heavy atom. The van der Waals surface area contributed by atoms with E-state index in [-0.39, 0.29) is 5.97 Å². The summed E-state index contributed by atoms with van der Waals surface area (Å²) in [6, 6.07) is 7.04. The number of hydrogen-bond acceptors (Lipinski definition) is 2. The van der Waals surface area contributed by atoms with E-state index in [1.165, 1.54) is 25.7 Å². The molecular weight excluding hydrogens is 248 g/mol. The summed E-state index contributed by atoms with van der Waals surface area (Å²) in [5.41, 5.74) is 0. The minimum atomic E-state index is -0.196. The van der Waals surface area contributed by atoms with Crippen LogP contribution < -0.4 is 4.74 Å².